The van der Waals surface area contributed by atoms with Gasteiger partial charge in [-0.15, -0.1) is 0 Å². The summed E-state index contributed by atoms with van der Waals surface area (Å²) in [5.41, 5.74) is 4.66. The van der Waals surface area contributed by atoms with E-state index in [1.165, 1.54) is 33.0 Å². The standard InChI is InChI=1S/C33H48N2O5Si.C21H31NOSi.C12H19NO5/c1-31(2,3)41(26-17-11-8-12-18-26,27-19-13-9-14-20-27)39-24-16-10-15-22-34-28(36)21-23-35-30(37)29-32(4,5)25-38-33(6,7)40-29;1-21(2,3)24(19-13-7-4-8-14-19,20-15-9-5-10-16-20)23-18-12-6-11-17-22;1-11(2)7-17-12(3,4)18-9(11)10(16)13-6-5-8(14)15/h8-9,11-14,17-21,23,29H,10,15-16,22,24-25H2,1-7H3,(H,34,36)(H,35,37);4-5,7-10,13-16H,6,11-12,17-18,22H2,1-3H3;5-6,9H,7H2,1-4H3,(H,13,16)(H,14,15)/b23-21+;;6-5+. The van der Waals surface area contributed by atoms with Crippen LogP contribution in [0.25, 0.3) is 0 Å². The SMILES string of the molecule is CC(C)(C)[Si](OCCCCCN)(c1ccccc1)c1ccccc1.CC1(C)OCC(C)(C)C(C(=O)N/C=C/C(=O)NCCCCCO[Si](c2ccccc2)(c2ccccc2)C(C)(C)C)O1.CC1(C)OCC(C)(C)C(C(=O)N/C=C/C(=O)O)O1. The summed E-state index contributed by atoms with van der Waals surface area (Å²) >= 11 is 0. The Morgan fingerprint density at radius 2 is 0.880 bits per heavy atom. The third-order valence-electron chi connectivity index (χ3n) is 14.6. The van der Waals surface area contributed by atoms with Crippen LogP contribution in [0.1, 0.15) is 135 Å². The van der Waals surface area contributed by atoms with E-state index in [-0.39, 0.29) is 27.8 Å². The van der Waals surface area contributed by atoms with E-state index < -0.39 is 57.2 Å². The first-order valence-electron chi connectivity index (χ1n) is 29.2. The minimum atomic E-state index is -2.52. The fourth-order valence-corrected chi connectivity index (χ4v) is 19.5. The van der Waals surface area contributed by atoms with E-state index in [0.717, 1.165) is 64.0 Å². The fraction of sp³-hybridized carbons (Fsp3) is 0.515. The fourth-order valence-electron chi connectivity index (χ4n) is 10.3. The maximum absolute atomic E-state index is 12.7. The summed E-state index contributed by atoms with van der Waals surface area (Å²) < 4.78 is 36.3. The Hall–Kier alpha value is -5.61. The Kier molecular flexibility index (Phi) is 26.5. The lowest BCUT2D eigenvalue weighted by atomic mass is 9.85. The van der Waals surface area contributed by atoms with Gasteiger partial charge < -0.3 is 54.6 Å². The van der Waals surface area contributed by atoms with Crippen LogP contribution < -0.4 is 42.4 Å². The molecule has 4 aromatic rings. The molecular weight excluding hydrogens is 1080 g/mol. The minimum absolute atomic E-state index is 0.0473. The van der Waals surface area contributed by atoms with Gasteiger partial charge >= 0.3 is 5.97 Å². The molecule has 456 valence electrons. The molecule has 2 aliphatic rings. The Labute approximate surface area is 498 Å². The first-order valence-corrected chi connectivity index (χ1v) is 33.0. The molecule has 2 heterocycles. The third kappa shape index (κ3) is 20.6. The van der Waals surface area contributed by atoms with Crippen LogP contribution in [0, 0.1) is 10.8 Å². The van der Waals surface area contributed by atoms with Crippen LogP contribution >= 0.6 is 0 Å². The highest BCUT2D eigenvalue weighted by atomic mass is 28.4. The number of carboxylic acids is 1. The first kappa shape index (κ1) is 69.9. The van der Waals surface area contributed by atoms with Gasteiger partial charge in [-0.25, -0.2) is 4.79 Å². The second-order valence-electron chi connectivity index (χ2n) is 25.6. The van der Waals surface area contributed by atoms with Crippen molar-refractivity contribution < 1.29 is 52.1 Å². The summed E-state index contributed by atoms with van der Waals surface area (Å²) in [7, 11) is -4.86. The van der Waals surface area contributed by atoms with Crippen LogP contribution in [0.2, 0.25) is 10.1 Å². The van der Waals surface area contributed by atoms with Gasteiger partial charge in [0.05, 0.1) is 13.2 Å². The number of nitrogens with one attached hydrogen (secondary N) is 3. The molecule has 15 nitrogen and oxygen atoms in total. The minimum Gasteiger partial charge on any atom is -0.478 e. The van der Waals surface area contributed by atoms with Crippen molar-refractivity contribution in [1.82, 2.24) is 16.0 Å². The average Bonchev–Trinajstić information content (AvgIpc) is 3.60. The lowest BCUT2D eigenvalue weighted by Crippen LogP contribution is -2.66. The number of hydrogen-bond donors (Lipinski definition) is 5. The van der Waals surface area contributed by atoms with Crippen molar-refractivity contribution in [1.29, 1.82) is 0 Å². The van der Waals surface area contributed by atoms with Crippen LogP contribution in [-0.4, -0.2) is 109 Å². The van der Waals surface area contributed by atoms with Gasteiger partial charge in [-0.2, -0.15) is 0 Å². The zero-order chi connectivity index (χ0) is 61.6. The van der Waals surface area contributed by atoms with Crippen LogP contribution in [0.5, 0.6) is 0 Å². The van der Waals surface area contributed by atoms with E-state index in [4.69, 9.17) is 38.6 Å². The number of carbonyl (C=O) groups excluding carboxylic acids is 3. The van der Waals surface area contributed by atoms with Crippen LogP contribution in [-0.2, 0) is 47.0 Å². The van der Waals surface area contributed by atoms with Crippen molar-refractivity contribution in [3.05, 3.63) is 146 Å². The molecule has 17 heteroatoms. The number of amides is 3. The molecular formula is C66H98N4O11Si2. The van der Waals surface area contributed by atoms with Crippen molar-refractivity contribution in [3.63, 3.8) is 0 Å². The first-order chi connectivity index (χ1) is 38.9. The highest BCUT2D eigenvalue weighted by molar-refractivity contribution is 7.00. The topological polar surface area (TPSA) is 206 Å². The number of unbranched alkanes of at least 4 members (excludes halogenated alkanes) is 4. The van der Waals surface area contributed by atoms with Gasteiger partial charge in [0.15, 0.2) is 11.6 Å². The maximum atomic E-state index is 12.7. The van der Waals surface area contributed by atoms with E-state index >= 15 is 0 Å². The molecule has 6 N–H and O–H groups in total. The number of carbonyl (C=O) groups is 4. The number of nitrogens with two attached hydrogens (primary N) is 1. The molecule has 2 unspecified atom stereocenters. The van der Waals surface area contributed by atoms with E-state index in [9.17, 15) is 19.2 Å². The molecule has 0 aromatic heterocycles. The monoisotopic (exact) mass is 1180 g/mol. The summed E-state index contributed by atoms with van der Waals surface area (Å²) in [5.74, 6) is -3.70. The molecule has 0 spiro atoms. The van der Waals surface area contributed by atoms with E-state index in [1.807, 2.05) is 27.7 Å². The molecule has 3 amide bonds. The quantitative estimate of drug-likeness (QED) is 0.0268. The van der Waals surface area contributed by atoms with Crippen molar-refractivity contribution >= 4 is 61.1 Å². The smallest absolute Gasteiger partial charge is 0.329 e. The van der Waals surface area contributed by atoms with Gasteiger partial charge in [-0.05, 0) is 104 Å². The molecule has 6 rings (SSSR count). The predicted octanol–water partition coefficient (Wildman–Crippen LogP) is 9.23. The highest BCUT2D eigenvalue weighted by Crippen LogP contribution is 2.39. The summed E-state index contributed by atoms with van der Waals surface area (Å²) in [6.45, 7) is 32.0. The number of aliphatic carboxylic acids is 1. The van der Waals surface area contributed by atoms with Gasteiger partial charge in [-0.1, -0.05) is 191 Å². The predicted molar refractivity (Wildman–Crippen MR) is 336 cm³/mol. The number of carboxylic acid groups (broad SMARTS) is 1. The summed E-state index contributed by atoms with van der Waals surface area (Å²) in [6.07, 6.45) is 9.25. The zero-order valence-electron chi connectivity index (χ0n) is 52.1. The van der Waals surface area contributed by atoms with E-state index in [0.29, 0.717) is 26.4 Å². The van der Waals surface area contributed by atoms with Gasteiger partial charge in [-0.3, -0.25) is 14.4 Å². The number of hydrogen-bond acceptors (Lipinski definition) is 11. The highest BCUT2D eigenvalue weighted by Gasteiger charge is 2.52. The number of rotatable bonds is 23. The van der Waals surface area contributed by atoms with Gasteiger partial charge in [0.2, 0.25) is 5.91 Å². The summed E-state index contributed by atoms with van der Waals surface area (Å²) in [5, 5.41) is 21.7. The second kappa shape index (κ2) is 31.5. The van der Waals surface area contributed by atoms with Crippen LogP contribution in [0.4, 0.5) is 0 Å². The number of benzene rings is 4. The van der Waals surface area contributed by atoms with Crippen molar-refractivity contribution in [2.24, 2.45) is 16.6 Å². The van der Waals surface area contributed by atoms with Crippen molar-refractivity contribution in [2.45, 2.75) is 169 Å². The molecule has 0 aliphatic carbocycles. The Bertz CT molecular complexity index is 2590. The normalized spacial score (nSPS) is 18.4. The van der Waals surface area contributed by atoms with E-state index in [2.05, 4.69) is 179 Å². The molecule has 0 saturated carbocycles. The molecule has 83 heavy (non-hydrogen) atoms. The lowest BCUT2D eigenvalue weighted by Gasteiger charge is -2.44. The second-order valence-corrected chi connectivity index (χ2v) is 34.2. The zero-order valence-corrected chi connectivity index (χ0v) is 54.1. The summed E-state index contributed by atoms with van der Waals surface area (Å²) in [4.78, 5) is 47.2. The maximum Gasteiger partial charge on any atom is 0.329 e. The van der Waals surface area contributed by atoms with Crippen LogP contribution in [0.15, 0.2) is 146 Å². The van der Waals surface area contributed by atoms with Gasteiger partial charge in [0.1, 0.15) is 12.2 Å². The molecule has 0 radical (unpaired) electrons. The molecule has 0 bridgehead atoms. The molecule has 2 saturated heterocycles. The Morgan fingerprint density at radius 1 is 0.542 bits per heavy atom. The molecule has 4 aromatic carbocycles. The molecule has 2 fully saturated rings. The van der Waals surface area contributed by atoms with E-state index in [1.54, 1.807) is 27.7 Å². The van der Waals surface area contributed by atoms with Crippen LogP contribution in [0.3, 0.4) is 0 Å². The molecule has 2 aliphatic heterocycles. The van der Waals surface area contributed by atoms with Gasteiger partial charge in [0.25, 0.3) is 28.4 Å². The molecule has 2 atom stereocenters. The summed E-state index contributed by atoms with van der Waals surface area (Å²) in [6, 6.07) is 42.9. The lowest BCUT2D eigenvalue weighted by molar-refractivity contribution is -0.304. The largest absolute Gasteiger partial charge is 0.478 e. The van der Waals surface area contributed by atoms with Crippen molar-refractivity contribution in [2.75, 3.05) is 39.5 Å². The van der Waals surface area contributed by atoms with Gasteiger partial charge in [0, 0.05) is 55.1 Å². The average molecular weight is 1180 g/mol. The number of ether oxygens (including phenoxy) is 4. The third-order valence-corrected chi connectivity index (χ3v) is 24.7. The Morgan fingerprint density at radius 3 is 1.20 bits per heavy atom. The van der Waals surface area contributed by atoms with Crippen molar-refractivity contribution in [3.8, 4) is 0 Å². The Balaban J connectivity index is 0.000000297.